The molecule has 1 aromatic heterocycles. The van der Waals surface area contributed by atoms with Crippen LogP contribution in [-0.4, -0.2) is 4.98 Å². The van der Waals surface area contributed by atoms with E-state index < -0.39 is 0 Å². The molecule has 84 valence electrons. The molecule has 0 atom stereocenters. The molecule has 0 fully saturated rings. The van der Waals surface area contributed by atoms with Gasteiger partial charge in [0.05, 0.1) is 11.3 Å². The van der Waals surface area contributed by atoms with Crippen LogP contribution < -0.4 is 5.32 Å². The lowest BCUT2D eigenvalue weighted by atomic mass is 10.2. The Bertz CT molecular complexity index is 593. The summed E-state index contributed by atoms with van der Waals surface area (Å²) in [5, 5.41) is 12.5. The molecule has 1 N–H and O–H groups in total. The molecule has 0 saturated heterocycles. The van der Waals surface area contributed by atoms with Crippen molar-refractivity contribution in [2.75, 3.05) is 5.32 Å². The summed E-state index contributed by atoms with van der Waals surface area (Å²) in [5.41, 5.74) is 2.09. The number of rotatable bonds is 2. The standard InChI is InChI=1S/C12H7BrClN3/c13-9-2-1-8(7-15)11(5-9)17-10-3-4-16-12(14)6-10/h1-6H,(H,16,17). The molecule has 2 aromatic rings. The Labute approximate surface area is 112 Å². The minimum atomic E-state index is 0.406. The maximum Gasteiger partial charge on any atom is 0.131 e. The number of anilines is 2. The maximum absolute atomic E-state index is 9.00. The largest absolute Gasteiger partial charge is 0.354 e. The van der Waals surface area contributed by atoms with Gasteiger partial charge in [-0.1, -0.05) is 27.5 Å². The lowest BCUT2D eigenvalue weighted by molar-refractivity contribution is 1.32. The van der Waals surface area contributed by atoms with Crippen molar-refractivity contribution in [3.63, 3.8) is 0 Å². The minimum Gasteiger partial charge on any atom is -0.354 e. The van der Waals surface area contributed by atoms with Gasteiger partial charge >= 0.3 is 0 Å². The first-order chi connectivity index (χ1) is 8.19. The number of hydrogen-bond donors (Lipinski definition) is 1. The first kappa shape index (κ1) is 11.9. The van der Waals surface area contributed by atoms with E-state index in [-0.39, 0.29) is 0 Å². The molecule has 0 aliphatic heterocycles. The van der Waals surface area contributed by atoms with Gasteiger partial charge in [0.25, 0.3) is 0 Å². The summed E-state index contributed by atoms with van der Waals surface area (Å²) in [6.45, 7) is 0. The third-order valence-electron chi connectivity index (χ3n) is 2.11. The van der Waals surface area contributed by atoms with Gasteiger partial charge in [0, 0.05) is 16.4 Å². The van der Waals surface area contributed by atoms with Gasteiger partial charge in [-0.15, -0.1) is 0 Å². The van der Waals surface area contributed by atoms with Crippen LogP contribution in [0.2, 0.25) is 5.15 Å². The number of hydrogen-bond acceptors (Lipinski definition) is 3. The lowest BCUT2D eigenvalue weighted by Gasteiger charge is -2.08. The highest BCUT2D eigenvalue weighted by molar-refractivity contribution is 9.10. The van der Waals surface area contributed by atoms with E-state index in [0.29, 0.717) is 10.7 Å². The summed E-state index contributed by atoms with van der Waals surface area (Å²) in [5.74, 6) is 0. The number of pyridine rings is 1. The Morgan fingerprint density at radius 2 is 2.12 bits per heavy atom. The van der Waals surface area contributed by atoms with Gasteiger partial charge in [0.1, 0.15) is 11.2 Å². The molecule has 3 nitrogen and oxygen atoms in total. The third kappa shape index (κ3) is 2.96. The monoisotopic (exact) mass is 307 g/mol. The van der Waals surface area contributed by atoms with Gasteiger partial charge in [0.15, 0.2) is 0 Å². The maximum atomic E-state index is 9.00. The SMILES string of the molecule is N#Cc1ccc(Br)cc1Nc1ccnc(Cl)c1. The zero-order chi connectivity index (χ0) is 12.3. The molecule has 0 radical (unpaired) electrons. The number of nitrogens with zero attached hydrogens (tertiary/aromatic N) is 2. The van der Waals surface area contributed by atoms with E-state index in [1.165, 1.54) is 0 Å². The zero-order valence-electron chi connectivity index (χ0n) is 8.61. The van der Waals surface area contributed by atoms with E-state index in [2.05, 4.69) is 32.3 Å². The molecule has 0 saturated carbocycles. The van der Waals surface area contributed by atoms with Gasteiger partial charge in [0.2, 0.25) is 0 Å². The second kappa shape index (κ2) is 5.17. The van der Waals surface area contributed by atoms with Gasteiger partial charge in [-0.3, -0.25) is 0 Å². The second-order valence-corrected chi connectivity index (χ2v) is 4.60. The van der Waals surface area contributed by atoms with Gasteiger partial charge in [-0.05, 0) is 30.3 Å². The van der Waals surface area contributed by atoms with E-state index in [0.717, 1.165) is 15.8 Å². The molecule has 17 heavy (non-hydrogen) atoms. The van der Waals surface area contributed by atoms with Crippen molar-refractivity contribution in [2.24, 2.45) is 0 Å². The summed E-state index contributed by atoms with van der Waals surface area (Å²) in [6.07, 6.45) is 1.61. The highest BCUT2D eigenvalue weighted by atomic mass is 79.9. The molecule has 0 bridgehead atoms. The average Bonchev–Trinajstić information content (AvgIpc) is 2.29. The quantitative estimate of drug-likeness (QED) is 0.849. The highest BCUT2D eigenvalue weighted by Gasteiger charge is 2.03. The van der Waals surface area contributed by atoms with Crippen LogP contribution in [0, 0.1) is 11.3 Å². The van der Waals surface area contributed by atoms with Crippen LogP contribution in [0.3, 0.4) is 0 Å². The van der Waals surface area contributed by atoms with Crippen LogP contribution in [-0.2, 0) is 0 Å². The molecule has 0 aliphatic rings. The Morgan fingerprint density at radius 3 is 2.82 bits per heavy atom. The van der Waals surface area contributed by atoms with Crippen LogP contribution >= 0.6 is 27.5 Å². The molecule has 2 rings (SSSR count). The first-order valence-electron chi connectivity index (χ1n) is 4.77. The molecule has 1 aromatic carbocycles. The smallest absolute Gasteiger partial charge is 0.131 e. The predicted octanol–water partition coefficient (Wildman–Crippen LogP) is 4.11. The normalized spacial score (nSPS) is 9.71. The fourth-order valence-corrected chi connectivity index (χ4v) is 1.89. The van der Waals surface area contributed by atoms with E-state index in [1.54, 1.807) is 24.4 Å². The van der Waals surface area contributed by atoms with Gasteiger partial charge < -0.3 is 5.32 Å². The Kier molecular flexibility index (Phi) is 3.62. The molecule has 5 heteroatoms. The predicted molar refractivity (Wildman–Crippen MR) is 71.4 cm³/mol. The second-order valence-electron chi connectivity index (χ2n) is 3.29. The van der Waals surface area contributed by atoms with Crippen LogP contribution in [0.1, 0.15) is 5.56 Å². The van der Waals surface area contributed by atoms with E-state index in [4.69, 9.17) is 16.9 Å². The topological polar surface area (TPSA) is 48.7 Å². The van der Waals surface area contributed by atoms with Crippen molar-refractivity contribution < 1.29 is 0 Å². The number of aromatic nitrogens is 1. The van der Waals surface area contributed by atoms with Crippen LogP contribution in [0.15, 0.2) is 41.0 Å². The van der Waals surface area contributed by atoms with Gasteiger partial charge in [-0.25, -0.2) is 4.98 Å². The van der Waals surface area contributed by atoms with Crippen molar-refractivity contribution >= 4 is 38.9 Å². The third-order valence-corrected chi connectivity index (χ3v) is 2.81. The van der Waals surface area contributed by atoms with Crippen molar-refractivity contribution in [2.45, 2.75) is 0 Å². The Morgan fingerprint density at radius 1 is 1.29 bits per heavy atom. The van der Waals surface area contributed by atoms with Crippen molar-refractivity contribution in [1.29, 1.82) is 5.26 Å². The van der Waals surface area contributed by atoms with Gasteiger partial charge in [-0.2, -0.15) is 5.26 Å². The molecular formula is C12H7BrClN3. The van der Waals surface area contributed by atoms with Crippen LogP contribution in [0.25, 0.3) is 0 Å². The zero-order valence-corrected chi connectivity index (χ0v) is 11.0. The highest BCUT2D eigenvalue weighted by Crippen LogP contribution is 2.25. The molecular weight excluding hydrogens is 302 g/mol. The molecule has 0 unspecified atom stereocenters. The number of halogens is 2. The Hall–Kier alpha value is -1.57. The molecule has 0 aliphatic carbocycles. The van der Waals surface area contributed by atoms with E-state index in [1.807, 2.05) is 12.1 Å². The first-order valence-corrected chi connectivity index (χ1v) is 5.94. The van der Waals surface area contributed by atoms with E-state index >= 15 is 0 Å². The van der Waals surface area contributed by atoms with Crippen molar-refractivity contribution in [1.82, 2.24) is 4.98 Å². The molecule has 1 heterocycles. The van der Waals surface area contributed by atoms with Crippen molar-refractivity contribution in [3.05, 3.63) is 51.7 Å². The Balaban J connectivity index is 2.36. The summed E-state index contributed by atoms with van der Waals surface area (Å²) < 4.78 is 0.902. The molecule has 0 amide bonds. The number of nitriles is 1. The fourth-order valence-electron chi connectivity index (χ4n) is 1.35. The van der Waals surface area contributed by atoms with Crippen LogP contribution in [0.4, 0.5) is 11.4 Å². The lowest BCUT2D eigenvalue weighted by Crippen LogP contribution is -1.94. The minimum absolute atomic E-state index is 0.406. The van der Waals surface area contributed by atoms with E-state index in [9.17, 15) is 0 Å². The summed E-state index contributed by atoms with van der Waals surface area (Å²) in [7, 11) is 0. The summed E-state index contributed by atoms with van der Waals surface area (Å²) in [4.78, 5) is 3.89. The van der Waals surface area contributed by atoms with Crippen molar-refractivity contribution in [3.8, 4) is 6.07 Å². The fraction of sp³-hybridized carbons (Fsp3) is 0. The number of nitrogens with one attached hydrogen (secondary N) is 1. The average molecular weight is 309 g/mol. The molecule has 0 spiro atoms. The number of benzene rings is 1. The summed E-state index contributed by atoms with van der Waals surface area (Å²) >= 11 is 9.16. The summed E-state index contributed by atoms with van der Waals surface area (Å²) in [6, 6.07) is 11.0. The van der Waals surface area contributed by atoms with Crippen LogP contribution in [0.5, 0.6) is 0 Å².